The molecule has 3 rings (SSSR count). The number of hydrogen-bond donors (Lipinski definition) is 1. The Morgan fingerprint density at radius 2 is 2.07 bits per heavy atom. The average Bonchev–Trinajstić information content (AvgIpc) is 2.85. The van der Waals surface area contributed by atoms with E-state index < -0.39 is 0 Å². The van der Waals surface area contributed by atoms with Crippen LogP contribution in [0.25, 0.3) is 0 Å². The Hall–Kier alpha value is -0.410. The third-order valence-electron chi connectivity index (χ3n) is 4.09. The van der Waals surface area contributed by atoms with Crippen molar-refractivity contribution in [3.63, 3.8) is 0 Å². The van der Waals surface area contributed by atoms with Gasteiger partial charge in [-0.3, -0.25) is 0 Å². The van der Waals surface area contributed by atoms with Gasteiger partial charge in [0.2, 0.25) is 0 Å². The highest BCUT2D eigenvalue weighted by molar-refractivity contribution is 7.11. The van der Waals surface area contributed by atoms with Crippen molar-refractivity contribution in [2.24, 2.45) is 11.1 Å². The second-order valence-corrected chi connectivity index (χ2v) is 6.23. The minimum Gasteiger partial charge on any atom is -0.325 e. The van der Waals surface area contributed by atoms with Gasteiger partial charge in [-0.1, -0.05) is 12.8 Å². The number of aromatic nitrogens is 1. The van der Waals surface area contributed by atoms with Crippen LogP contribution < -0.4 is 5.73 Å². The van der Waals surface area contributed by atoms with Gasteiger partial charge in [0.05, 0.1) is 5.69 Å². The van der Waals surface area contributed by atoms with Gasteiger partial charge >= 0.3 is 0 Å². The molecule has 1 heterocycles. The predicted molar refractivity (Wildman–Crippen MR) is 62.9 cm³/mol. The molecule has 0 radical (unpaired) electrons. The van der Waals surface area contributed by atoms with Crippen LogP contribution in [0.2, 0.25) is 0 Å². The van der Waals surface area contributed by atoms with E-state index in [0.717, 1.165) is 5.01 Å². The van der Waals surface area contributed by atoms with Gasteiger partial charge in [-0.15, -0.1) is 11.3 Å². The summed E-state index contributed by atoms with van der Waals surface area (Å²) in [5.74, 6) is 0. The lowest BCUT2D eigenvalue weighted by molar-refractivity contribution is 0.256. The largest absolute Gasteiger partial charge is 0.325 e. The number of aryl methyl sites for hydroxylation is 1. The van der Waals surface area contributed by atoms with Crippen molar-refractivity contribution in [2.45, 2.75) is 51.5 Å². The van der Waals surface area contributed by atoms with Crippen molar-refractivity contribution >= 4 is 11.3 Å². The number of rotatable bonds is 1. The third kappa shape index (κ3) is 1.62. The maximum atomic E-state index is 5.65. The Kier molecular flexibility index (Phi) is 2.33. The predicted octanol–water partition coefficient (Wildman–Crippen LogP) is 2.65. The zero-order valence-electron chi connectivity index (χ0n) is 9.09. The van der Waals surface area contributed by atoms with Crippen molar-refractivity contribution in [3.05, 3.63) is 15.6 Å². The molecule has 2 N–H and O–H groups in total. The van der Waals surface area contributed by atoms with E-state index in [4.69, 9.17) is 5.73 Å². The summed E-state index contributed by atoms with van der Waals surface area (Å²) < 4.78 is 0. The van der Waals surface area contributed by atoms with E-state index in [1.54, 1.807) is 4.88 Å². The molecular weight excluding hydrogens is 204 g/mol. The quantitative estimate of drug-likeness (QED) is 0.793. The molecule has 3 heteroatoms. The van der Waals surface area contributed by atoms with Crippen LogP contribution in [-0.2, 0) is 19.4 Å². The van der Waals surface area contributed by atoms with Crippen molar-refractivity contribution < 1.29 is 0 Å². The van der Waals surface area contributed by atoms with Crippen molar-refractivity contribution in [1.82, 2.24) is 4.98 Å². The molecule has 15 heavy (non-hydrogen) atoms. The first-order chi connectivity index (χ1) is 7.31. The summed E-state index contributed by atoms with van der Waals surface area (Å²) in [5, 5.41) is 1.13. The van der Waals surface area contributed by atoms with Gasteiger partial charge in [-0.2, -0.15) is 0 Å². The average molecular weight is 222 g/mol. The fourth-order valence-electron chi connectivity index (χ4n) is 3.22. The molecule has 1 aromatic rings. The number of fused-ring (bicyclic) bond motifs is 1. The Labute approximate surface area is 94.9 Å². The molecule has 2 aliphatic rings. The minimum atomic E-state index is 0.616. The topological polar surface area (TPSA) is 38.9 Å². The highest BCUT2D eigenvalue weighted by atomic mass is 32.1. The first-order valence-corrected chi connectivity index (χ1v) is 6.81. The summed E-state index contributed by atoms with van der Waals surface area (Å²) >= 11 is 1.86. The van der Waals surface area contributed by atoms with Crippen LogP contribution in [0.4, 0.5) is 0 Å². The SMILES string of the molecule is NCc1nc2c(s1)CC1(CCCC1)CC2. The Morgan fingerprint density at radius 1 is 1.27 bits per heavy atom. The number of thiazole rings is 1. The molecule has 0 amide bonds. The standard InChI is InChI=1S/C12H18N2S/c13-8-11-14-9-3-6-12(4-1-2-5-12)7-10(9)15-11/h1-8,13H2. The molecule has 1 aromatic heterocycles. The summed E-state index contributed by atoms with van der Waals surface area (Å²) in [7, 11) is 0. The number of hydrogen-bond acceptors (Lipinski definition) is 3. The van der Waals surface area contributed by atoms with Crippen LogP contribution in [0.5, 0.6) is 0 Å². The van der Waals surface area contributed by atoms with Crippen LogP contribution in [0, 0.1) is 5.41 Å². The molecule has 0 aromatic carbocycles. The third-order valence-corrected chi connectivity index (χ3v) is 5.21. The van der Waals surface area contributed by atoms with Crippen LogP contribution in [0.3, 0.4) is 0 Å². The minimum absolute atomic E-state index is 0.616. The monoisotopic (exact) mass is 222 g/mol. The van der Waals surface area contributed by atoms with Crippen LogP contribution in [-0.4, -0.2) is 4.98 Å². The molecule has 0 bridgehead atoms. The second kappa shape index (κ2) is 3.56. The lowest BCUT2D eigenvalue weighted by atomic mass is 9.74. The van der Waals surface area contributed by atoms with Gasteiger partial charge in [0.1, 0.15) is 5.01 Å². The summed E-state index contributed by atoms with van der Waals surface area (Å²) in [4.78, 5) is 6.16. The fourth-order valence-corrected chi connectivity index (χ4v) is 4.39. The molecule has 1 fully saturated rings. The Bertz CT molecular complexity index is 364. The van der Waals surface area contributed by atoms with E-state index >= 15 is 0 Å². The zero-order valence-corrected chi connectivity index (χ0v) is 9.91. The summed E-state index contributed by atoms with van der Waals surface area (Å²) in [6.45, 7) is 0.616. The van der Waals surface area contributed by atoms with E-state index in [1.807, 2.05) is 11.3 Å². The molecule has 0 atom stereocenters. The highest BCUT2D eigenvalue weighted by Crippen LogP contribution is 2.48. The normalized spacial score (nSPS) is 23.3. The molecule has 0 aliphatic heterocycles. The van der Waals surface area contributed by atoms with E-state index in [9.17, 15) is 0 Å². The van der Waals surface area contributed by atoms with Gasteiger partial charge < -0.3 is 5.73 Å². The maximum absolute atomic E-state index is 5.65. The molecule has 2 aliphatic carbocycles. The molecule has 0 saturated heterocycles. The van der Waals surface area contributed by atoms with Crippen molar-refractivity contribution in [1.29, 1.82) is 0 Å². The van der Waals surface area contributed by atoms with Gasteiger partial charge in [-0.25, -0.2) is 4.98 Å². The first-order valence-electron chi connectivity index (χ1n) is 5.99. The van der Waals surface area contributed by atoms with Gasteiger partial charge in [0, 0.05) is 11.4 Å². The van der Waals surface area contributed by atoms with Crippen LogP contribution in [0.1, 0.15) is 47.7 Å². The van der Waals surface area contributed by atoms with Gasteiger partial charge in [0.25, 0.3) is 0 Å². The molecule has 0 unspecified atom stereocenters. The number of nitrogens with zero attached hydrogens (tertiary/aromatic N) is 1. The van der Waals surface area contributed by atoms with E-state index in [2.05, 4.69) is 4.98 Å². The smallest absolute Gasteiger partial charge is 0.107 e. The van der Waals surface area contributed by atoms with Crippen LogP contribution >= 0.6 is 11.3 Å². The van der Waals surface area contributed by atoms with Crippen LogP contribution in [0.15, 0.2) is 0 Å². The first kappa shape index (κ1) is 9.79. The molecular formula is C12H18N2S. The Morgan fingerprint density at radius 3 is 2.80 bits per heavy atom. The van der Waals surface area contributed by atoms with Crippen molar-refractivity contribution in [2.75, 3.05) is 0 Å². The van der Waals surface area contributed by atoms with Gasteiger partial charge in [0.15, 0.2) is 0 Å². The fraction of sp³-hybridized carbons (Fsp3) is 0.750. The number of nitrogens with two attached hydrogens (primary N) is 1. The van der Waals surface area contributed by atoms with Gasteiger partial charge in [-0.05, 0) is 37.5 Å². The van der Waals surface area contributed by atoms with Crippen molar-refractivity contribution in [3.8, 4) is 0 Å². The second-order valence-electron chi connectivity index (χ2n) is 5.07. The molecule has 2 nitrogen and oxygen atoms in total. The molecule has 1 saturated carbocycles. The van der Waals surface area contributed by atoms with E-state index in [0.29, 0.717) is 12.0 Å². The lowest BCUT2D eigenvalue weighted by Crippen LogP contribution is -2.24. The highest BCUT2D eigenvalue weighted by Gasteiger charge is 2.38. The van der Waals surface area contributed by atoms with E-state index in [-0.39, 0.29) is 0 Å². The maximum Gasteiger partial charge on any atom is 0.107 e. The molecule has 82 valence electrons. The van der Waals surface area contributed by atoms with E-state index in [1.165, 1.54) is 50.6 Å². The summed E-state index contributed by atoms with van der Waals surface area (Å²) in [6, 6.07) is 0. The summed E-state index contributed by atoms with van der Waals surface area (Å²) in [5.41, 5.74) is 7.67. The summed E-state index contributed by atoms with van der Waals surface area (Å²) in [6.07, 6.45) is 9.64. The molecule has 1 spiro atoms. The zero-order chi connectivity index (χ0) is 10.3. The Balaban J connectivity index is 1.88. The lowest BCUT2D eigenvalue weighted by Gasteiger charge is -2.32.